The van der Waals surface area contributed by atoms with E-state index in [-0.39, 0.29) is 21.9 Å². The van der Waals surface area contributed by atoms with Crippen LogP contribution in [-0.4, -0.2) is 21.4 Å². The monoisotopic (exact) mass is 435 g/mol. The lowest BCUT2D eigenvalue weighted by atomic mass is 9.90. The Morgan fingerprint density at radius 1 is 1.10 bits per heavy atom. The van der Waals surface area contributed by atoms with Crippen molar-refractivity contribution in [3.8, 4) is 5.75 Å². The zero-order chi connectivity index (χ0) is 20.8. The van der Waals surface area contributed by atoms with Crippen LogP contribution in [0.3, 0.4) is 0 Å². The van der Waals surface area contributed by atoms with E-state index in [0.717, 1.165) is 23.5 Å². The Morgan fingerprint density at radius 3 is 2.48 bits per heavy atom. The zero-order valence-corrected chi connectivity index (χ0v) is 16.7. The quantitative estimate of drug-likeness (QED) is 0.662. The van der Waals surface area contributed by atoms with E-state index in [2.05, 4.69) is 5.32 Å². The molecule has 5 nitrogen and oxygen atoms in total. The van der Waals surface area contributed by atoms with Gasteiger partial charge in [-0.05, 0) is 42.0 Å². The van der Waals surface area contributed by atoms with E-state index < -0.39 is 33.3 Å². The number of sulfone groups is 1. The number of benzene rings is 2. The normalized spacial score (nSPS) is 16.2. The fraction of sp³-hybridized carbons (Fsp3) is 0.150. The number of anilines is 1. The van der Waals surface area contributed by atoms with Crippen LogP contribution in [0, 0.1) is 11.6 Å². The molecule has 1 aliphatic heterocycles. The average molecular weight is 435 g/mol. The first-order valence-electron chi connectivity index (χ1n) is 8.56. The summed E-state index contributed by atoms with van der Waals surface area (Å²) in [6.07, 6.45) is 0.0145. The Bertz CT molecular complexity index is 1200. The van der Waals surface area contributed by atoms with Gasteiger partial charge in [-0.3, -0.25) is 4.79 Å². The molecule has 4 rings (SSSR count). The largest absolute Gasteiger partial charge is 0.497 e. The number of hydrogen-bond donors (Lipinski definition) is 1. The Morgan fingerprint density at radius 2 is 1.83 bits per heavy atom. The minimum Gasteiger partial charge on any atom is -0.497 e. The number of fused-ring (bicyclic) bond motifs is 1. The summed E-state index contributed by atoms with van der Waals surface area (Å²) in [5.41, 5.74) is 0.604. The minimum atomic E-state index is -3.90. The number of thiophene rings is 1. The molecule has 1 atom stereocenters. The van der Waals surface area contributed by atoms with Crippen LogP contribution in [0.4, 0.5) is 14.5 Å². The lowest BCUT2D eigenvalue weighted by Crippen LogP contribution is -2.23. The van der Waals surface area contributed by atoms with Crippen LogP contribution >= 0.6 is 11.3 Å². The minimum absolute atomic E-state index is 0.0145. The maximum absolute atomic E-state index is 13.7. The number of methoxy groups -OCH3 is 1. The van der Waals surface area contributed by atoms with Crippen molar-refractivity contribution in [2.45, 2.75) is 22.1 Å². The summed E-state index contributed by atoms with van der Waals surface area (Å²) >= 11 is 1.16. The van der Waals surface area contributed by atoms with Crippen molar-refractivity contribution in [3.63, 3.8) is 0 Å². The molecule has 29 heavy (non-hydrogen) atoms. The van der Waals surface area contributed by atoms with Crippen molar-refractivity contribution >= 4 is 32.8 Å². The van der Waals surface area contributed by atoms with E-state index in [1.54, 1.807) is 0 Å². The highest BCUT2D eigenvalue weighted by Crippen LogP contribution is 2.46. The van der Waals surface area contributed by atoms with Gasteiger partial charge < -0.3 is 10.1 Å². The molecule has 1 aromatic heterocycles. The molecule has 0 fully saturated rings. The van der Waals surface area contributed by atoms with E-state index in [0.29, 0.717) is 16.2 Å². The second-order valence-corrected chi connectivity index (χ2v) is 9.33. The number of nitrogens with one attached hydrogen (secondary N) is 1. The van der Waals surface area contributed by atoms with Crippen molar-refractivity contribution in [2.75, 3.05) is 12.4 Å². The maximum atomic E-state index is 13.7. The van der Waals surface area contributed by atoms with Crippen LogP contribution < -0.4 is 10.1 Å². The molecule has 0 saturated carbocycles. The molecule has 1 amide bonds. The van der Waals surface area contributed by atoms with Crippen LogP contribution in [0.1, 0.15) is 22.8 Å². The van der Waals surface area contributed by atoms with Gasteiger partial charge in [-0.1, -0.05) is 6.07 Å². The summed E-state index contributed by atoms with van der Waals surface area (Å²) in [5.74, 6) is -2.43. The Balaban J connectivity index is 1.80. The fourth-order valence-electron chi connectivity index (χ4n) is 3.28. The SMILES string of the molecule is COc1ccc(S(=O)(=O)c2csc3c2NC(=O)C[C@@H]3c2ccc(F)c(F)c2)cc1. The Kier molecular flexibility index (Phi) is 4.87. The molecule has 2 heterocycles. The lowest BCUT2D eigenvalue weighted by Gasteiger charge is -2.23. The number of carbonyl (C=O) groups excluding carboxylic acids is 1. The van der Waals surface area contributed by atoms with Crippen LogP contribution in [0.2, 0.25) is 0 Å². The number of rotatable bonds is 4. The second kappa shape index (κ2) is 7.23. The van der Waals surface area contributed by atoms with E-state index in [1.807, 2.05) is 0 Å². The molecule has 0 radical (unpaired) electrons. The van der Waals surface area contributed by atoms with Gasteiger partial charge >= 0.3 is 0 Å². The number of hydrogen-bond acceptors (Lipinski definition) is 5. The Hall–Kier alpha value is -2.78. The van der Waals surface area contributed by atoms with Gasteiger partial charge in [-0.2, -0.15) is 0 Å². The fourth-order valence-corrected chi connectivity index (χ4v) is 6.19. The predicted octanol–water partition coefficient (Wildman–Crippen LogP) is 4.34. The number of amides is 1. The summed E-state index contributed by atoms with van der Waals surface area (Å²) in [7, 11) is -2.42. The third-order valence-corrected chi connectivity index (χ3v) is 7.80. The predicted molar refractivity (Wildman–Crippen MR) is 104 cm³/mol. The van der Waals surface area contributed by atoms with Gasteiger partial charge in [0.25, 0.3) is 0 Å². The van der Waals surface area contributed by atoms with Crippen molar-refractivity contribution in [1.82, 2.24) is 0 Å². The van der Waals surface area contributed by atoms with Crippen LogP contribution in [-0.2, 0) is 14.6 Å². The molecule has 0 aliphatic carbocycles. The third-order valence-electron chi connectivity index (χ3n) is 4.76. The van der Waals surface area contributed by atoms with Crippen LogP contribution in [0.25, 0.3) is 0 Å². The molecule has 1 N–H and O–H groups in total. The van der Waals surface area contributed by atoms with Crippen molar-refractivity contribution in [2.24, 2.45) is 0 Å². The molecule has 9 heteroatoms. The lowest BCUT2D eigenvalue weighted by molar-refractivity contribution is -0.116. The third kappa shape index (κ3) is 3.40. The first-order chi connectivity index (χ1) is 13.8. The first-order valence-corrected chi connectivity index (χ1v) is 10.9. The molecule has 2 aromatic carbocycles. The zero-order valence-electron chi connectivity index (χ0n) is 15.1. The highest BCUT2D eigenvalue weighted by molar-refractivity contribution is 7.91. The van der Waals surface area contributed by atoms with E-state index in [4.69, 9.17) is 4.74 Å². The molecule has 0 bridgehead atoms. The van der Waals surface area contributed by atoms with Gasteiger partial charge in [0.05, 0.1) is 17.7 Å². The number of carbonyl (C=O) groups is 1. The van der Waals surface area contributed by atoms with Crippen molar-refractivity contribution < 1.29 is 26.7 Å². The second-order valence-electron chi connectivity index (χ2n) is 6.50. The highest BCUT2D eigenvalue weighted by atomic mass is 32.2. The van der Waals surface area contributed by atoms with Crippen LogP contribution in [0.15, 0.2) is 57.6 Å². The standard InChI is InChI=1S/C20H15F2NO4S2/c1-27-12-3-5-13(6-4-12)29(25,26)17-10-28-20-14(9-18(24)23-19(17)20)11-2-7-15(21)16(22)8-11/h2-8,10,14H,9H2,1H3,(H,23,24)/t14-/m1/s1. The average Bonchev–Trinajstić information content (AvgIpc) is 3.14. The molecule has 0 spiro atoms. The molecule has 1 aliphatic rings. The maximum Gasteiger partial charge on any atom is 0.225 e. The summed E-state index contributed by atoms with van der Waals surface area (Å²) in [6.45, 7) is 0. The van der Waals surface area contributed by atoms with E-state index in [9.17, 15) is 22.0 Å². The van der Waals surface area contributed by atoms with Gasteiger partial charge in [0.1, 0.15) is 10.6 Å². The summed E-state index contributed by atoms with van der Waals surface area (Å²) in [5, 5.41) is 4.09. The van der Waals surface area contributed by atoms with E-state index in [1.165, 1.54) is 42.8 Å². The number of halogens is 2. The summed E-state index contributed by atoms with van der Waals surface area (Å²) in [6, 6.07) is 9.37. The molecule has 0 saturated heterocycles. The molecule has 150 valence electrons. The molecule has 0 unspecified atom stereocenters. The Labute approximate surface area is 169 Å². The van der Waals surface area contributed by atoms with Gasteiger partial charge in [-0.15, -0.1) is 11.3 Å². The summed E-state index contributed by atoms with van der Waals surface area (Å²) in [4.78, 5) is 12.9. The molecule has 3 aromatic rings. The van der Waals surface area contributed by atoms with Crippen LogP contribution in [0.5, 0.6) is 5.75 Å². The van der Waals surface area contributed by atoms with Crippen molar-refractivity contribution in [3.05, 3.63) is 69.9 Å². The van der Waals surface area contributed by atoms with Gasteiger partial charge in [0, 0.05) is 22.6 Å². The van der Waals surface area contributed by atoms with E-state index >= 15 is 0 Å². The smallest absolute Gasteiger partial charge is 0.225 e. The summed E-state index contributed by atoms with van der Waals surface area (Å²) < 4.78 is 58.3. The van der Waals surface area contributed by atoms with Gasteiger partial charge in [-0.25, -0.2) is 17.2 Å². The molecular weight excluding hydrogens is 420 g/mol. The number of ether oxygens (including phenoxy) is 1. The topological polar surface area (TPSA) is 72.5 Å². The molecular formula is C20H15F2NO4S2. The highest BCUT2D eigenvalue weighted by Gasteiger charge is 2.34. The van der Waals surface area contributed by atoms with Gasteiger partial charge in [0.15, 0.2) is 11.6 Å². The van der Waals surface area contributed by atoms with Crippen molar-refractivity contribution in [1.29, 1.82) is 0 Å². The first kappa shape index (κ1) is 19.5. The van der Waals surface area contributed by atoms with Gasteiger partial charge in [0.2, 0.25) is 15.7 Å².